The lowest BCUT2D eigenvalue weighted by molar-refractivity contribution is 0.0956. The van der Waals surface area contributed by atoms with Crippen molar-refractivity contribution in [1.82, 2.24) is 15.3 Å². The van der Waals surface area contributed by atoms with Crippen LogP contribution in [0.5, 0.6) is 0 Å². The molecule has 1 amide bonds. The molecule has 7 nitrogen and oxygen atoms in total. The minimum absolute atomic E-state index is 0.0770. The average molecular weight is 397 g/mol. The van der Waals surface area contributed by atoms with Crippen molar-refractivity contribution in [2.75, 3.05) is 29.9 Å². The normalized spacial score (nSPS) is 18.9. The Morgan fingerprint density at radius 3 is 2.88 bits per heavy atom. The quantitative estimate of drug-likeness (QED) is 0.697. The molecule has 0 radical (unpaired) electrons. The predicted octanol–water partition coefficient (Wildman–Crippen LogP) is 2.38. The zero-order valence-corrected chi connectivity index (χ0v) is 16.7. The summed E-state index contributed by atoms with van der Waals surface area (Å²) in [4.78, 5) is 22.5. The third-order valence-electron chi connectivity index (χ3n) is 4.63. The summed E-state index contributed by atoms with van der Waals surface area (Å²) in [5.74, 6) is 1.17. The van der Waals surface area contributed by atoms with Crippen LogP contribution in [0.4, 0.5) is 5.82 Å². The highest BCUT2D eigenvalue weighted by atomic mass is 32.2. The lowest BCUT2D eigenvalue weighted by Gasteiger charge is -2.11. The molecule has 0 aliphatic carbocycles. The number of anilines is 1. The van der Waals surface area contributed by atoms with E-state index in [0.29, 0.717) is 30.2 Å². The number of fused-ring (bicyclic) bond motifs is 1. The first-order valence-electron chi connectivity index (χ1n) is 8.88. The fourth-order valence-corrected chi connectivity index (χ4v) is 6.08. The number of aryl methyl sites for hydroxylation is 1. The SMILES string of the molecule is CCCCNC(=O)c1sc2ncnc(NCC3CCS(=O)(=O)C3)c2c1C. The molecule has 3 rings (SSSR count). The molecule has 2 aromatic rings. The largest absolute Gasteiger partial charge is 0.369 e. The lowest BCUT2D eigenvalue weighted by Crippen LogP contribution is -2.24. The van der Waals surface area contributed by atoms with Gasteiger partial charge in [0, 0.05) is 13.1 Å². The van der Waals surface area contributed by atoms with E-state index in [1.807, 2.05) is 6.92 Å². The summed E-state index contributed by atoms with van der Waals surface area (Å²) < 4.78 is 23.2. The summed E-state index contributed by atoms with van der Waals surface area (Å²) in [5, 5.41) is 7.06. The third kappa shape index (κ3) is 4.15. The molecule has 0 spiro atoms. The minimum atomic E-state index is -2.89. The summed E-state index contributed by atoms with van der Waals surface area (Å²) in [7, 11) is -2.89. The highest BCUT2D eigenvalue weighted by molar-refractivity contribution is 7.91. The van der Waals surface area contributed by atoms with Crippen molar-refractivity contribution >= 4 is 43.1 Å². The zero-order chi connectivity index (χ0) is 18.7. The van der Waals surface area contributed by atoms with E-state index < -0.39 is 9.84 Å². The van der Waals surface area contributed by atoms with E-state index in [1.54, 1.807) is 0 Å². The van der Waals surface area contributed by atoms with Crippen molar-refractivity contribution in [3.8, 4) is 0 Å². The first kappa shape index (κ1) is 19.0. The second-order valence-corrected chi connectivity index (χ2v) is 9.95. The smallest absolute Gasteiger partial charge is 0.261 e. The molecular formula is C17H24N4O3S2. The van der Waals surface area contributed by atoms with Gasteiger partial charge in [0.2, 0.25) is 0 Å². The Kier molecular flexibility index (Phi) is 5.76. The molecule has 0 bridgehead atoms. The number of nitrogens with one attached hydrogen (secondary N) is 2. The van der Waals surface area contributed by atoms with Crippen LogP contribution in [0.15, 0.2) is 6.33 Å². The Morgan fingerprint density at radius 2 is 2.19 bits per heavy atom. The van der Waals surface area contributed by atoms with E-state index in [0.717, 1.165) is 28.6 Å². The van der Waals surface area contributed by atoms with Crippen LogP contribution in [0.25, 0.3) is 10.2 Å². The topological polar surface area (TPSA) is 101 Å². The Balaban J connectivity index is 1.78. The Bertz CT molecular complexity index is 908. The maximum absolute atomic E-state index is 12.4. The van der Waals surface area contributed by atoms with Gasteiger partial charge in [0.25, 0.3) is 5.91 Å². The molecule has 1 unspecified atom stereocenters. The fourth-order valence-electron chi connectivity index (χ4n) is 3.16. The van der Waals surface area contributed by atoms with Gasteiger partial charge in [-0.1, -0.05) is 13.3 Å². The van der Waals surface area contributed by atoms with Crippen molar-refractivity contribution in [2.45, 2.75) is 33.1 Å². The zero-order valence-electron chi connectivity index (χ0n) is 15.0. The van der Waals surface area contributed by atoms with E-state index in [9.17, 15) is 13.2 Å². The van der Waals surface area contributed by atoms with Gasteiger partial charge in [-0.25, -0.2) is 18.4 Å². The second-order valence-electron chi connectivity index (χ2n) is 6.72. The summed E-state index contributed by atoms with van der Waals surface area (Å²) >= 11 is 1.36. The van der Waals surface area contributed by atoms with Crippen LogP contribution < -0.4 is 10.6 Å². The van der Waals surface area contributed by atoms with Crippen LogP contribution in [0, 0.1) is 12.8 Å². The molecule has 26 heavy (non-hydrogen) atoms. The summed E-state index contributed by atoms with van der Waals surface area (Å²) in [5.41, 5.74) is 0.862. The van der Waals surface area contributed by atoms with Gasteiger partial charge in [0.15, 0.2) is 9.84 Å². The highest BCUT2D eigenvalue weighted by Gasteiger charge is 2.28. The number of hydrogen-bond donors (Lipinski definition) is 2. The number of carbonyl (C=O) groups is 1. The number of rotatable bonds is 7. The molecule has 0 aromatic carbocycles. The minimum Gasteiger partial charge on any atom is -0.369 e. The number of thiophene rings is 1. The molecular weight excluding hydrogens is 372 g/mol. The first-order chi connectivity index (χ1) is 12.4. The van der Waals surface area contributed by atoms with Crippen molar-refractivity contribution in [1.29, 1.82) is 0 Å². The molecule has 0 saturated carbocycles. The van der Waals surface area contributed by atoms with Gasteiger partial charge in [-0.3, -0.25) is 4.79 Å². The Morgan fingerprint density at radius 1 is 1.38 bits per heavy atom. The van der Waals surface area contributed by atoms with Crippen LogP contribution in [0.2, 0.25) is 0 Å². The fraction of sp³-hybridized carbons (Fsp3) is 0.588. The number of aromatic nitrogens is 2. The van der Waals surface area contributed by atoms with Gasteiger partial charge in [0.1, 0.15) is 17.0 Å². The van der Waals surface area contributed by atoms with Crippen molar-refractivity contribution in [2.24, 2.45) is 5.92 Å². The van der Waals surface area contributed by atoms with Crippen LogP contribution in [-0.4, -0.2) is 48.9 Å². The maximum atomic E-state index is 12.4. The number of sulfone groups is 1. The van der Waals surface area contributed by atoms with E-state index >= 15 is 0 Å². The van der Waals surface area contributed by atoms with Crippen LogP contribution in [0.1, 0.15) is 41.4 Å². The number of carbonyl (C=O) groups excluding carboxylic acids is 1. The summed E-state index contributed by atoms with van der Waals surface area (Å²) in [6, 6.07) is 0. The van der Waals surface area contributed by atoms with Crippen LogP contribution in [0.3, 0.4) is 0 Å². The van der Waals surface area contributed by atoms with Gasteiger partial charge in [-0.05, 0) is 31.2 Å². The monoisotopic (exact) mass is 396 g/mol. The molecule has 1 saturated heterocycles. The van der Waals surface area contributed by atoms with Gasteiger partial charge < -0.3 is 10.6 Å². The Hall–Kier alpha value is -1.74. The van der Waals surface area contributed by atoms with E-state index in [1.165, 1.54) is 17.7 Å². The standard InChI is InChI=1S/C17H24N4O3S2/c1-3-4-6-18-16(22)14-11(2)13-15(20-10-21-17(13)25-14)19-8-12-5-7-26(23,24)9-12/h10,12H,3-9H2,1-2H3,(H,18,22)(H,19,20,21). The lowest BCUT2D eigenvalue weighted by atomic mass is 10.1. The van der Waals surface area contributed by atoms with Gasteiger partial charge in [0.05, 0.1) is 21.8 Å². The molecule has 2 aromatic heterocycles. The molecule has 3 heterocycles. The molecule has 9 heteroatoms. The highest BCUT2D eigenvalue weighted by Crippen LogP contribution is 2.33. The van der Waals surface area contributed by atoms with Crippen LogP contribution in [-0.2, 0) is 9.84 Å². The number of unbranched alkanes of at least 4 members (excludes halogenated alkanes) is 1. The number of nitrogens with zero attached hydrogens (tertiary/aromatic N) is 2. The summed E-state index contributed by atoms with van der Waals surface area (Å²) in [6.45, 7) is 5.21. The molecule has 1 fully saturated rings. The predicted molar refractivity (Wildman–Crippen MR) is 105 cm³/mol. The van der Waals surface area contributed by atoms with E-state index in [2.05, 4.69) is 27.5 Å². The third-order valence-corrected chi connectivity index (χ3v) is 7.67. The summed E-state index contributed by atoms with van der Waals surface area (Å²) in [6.07, 6.45) is 4.14. The van der Waals surface area contributed by atoms with Gasteiger partial charge >= 0.3 is 0 Å². The first-order valence-corrected chi connectivity index (χ1v) is 11.5. The Labute approximate surface area is 157 Å². The van der Waals surface area contributed by atoms with Gasteiger partial charge in [-0.2, -0.15) is 0 Å². The van der Waals surface area contributed by atoms with Crippen molar-refractivity contribution in [3.63, 3.8) is 0 Å². The second kappa shape index (κ2) is 7.87. The number of amides is 1. The van der Waals surface area contributed by atoms with Crippen LogP contribution >= 0.6 is 11.3 Å². The van der Waals surface area contributed by atoms with E-state index in [-0.39, 0.29) is 23.3 Å². The van der Waals surface area contributed by atoms with Crippen molar-refractivity contribution < 1.29 is 13.2 Å². The molecule has 2 N–H and O–H groups in total. The molecule has 1 aliphatic rings. The maximum Gasteiger partial charge on any atom is 0.261 e. The molecule has 1 atom stereocenters. The average Bonchev–Trinajstić information content (AvgIpc) is 3.13. The number of hydrogen-bond acceptors (Lipinski definition) is 7. The molecule has 1 aliphatic heterocycles. The van der Waals surface area contributed by atoms with Gasteiger partial charge in [-0.15, -0.1) is 11.3 Å². The molecule has 142 valence electrons. The van der Waals surface area contributed by atoms with E-state index in [4.69, 9.17) is 0 Å². The van der Waals surface area contributed by atoms with Crippen molar-refractivity contribution in [3.05, 3.63) is 16.8 Å².